The lowest BCUT2D eigenvalue weighted by atomic mass is 10.1. The van der Waals surface area contributed by atoms with E-state index in [0.717, 1.165) is 0 Å². The molecule has 0 fully saturated rings. The van der Waals surface area contributed by atoms with Crippen LogP contribution in [-0.2, 0) is 5.11 Å². The highest BCUT2D eigenvalue weighted by atomic mass is 16.6. The van der Waals surface area contributed by atoms with Crippen molar-refractivity contribution in [2.24, 2.45) is 0 Å². The van der Waals surface area contributed by atoms with E-state index in [-0.39, 0.29) is 11.3 Å². The highest BCUT2D eigenvalue weighted by Crippen LogP contribution is 2.17. The molecule has 0 aromatic heterocycles. The molecule has 0 aliphatic carbocycles. The summed E-state index contributed by atoms with van der Waals surface area (Å²) in [6.45, 7) is -0.967. The van der Waals surface area contributed by atoms with E-state index in [4.69, 9.17) is 0 Å². The minimum absolute atomic E-state index is 0.123. The van der Waals surface area contributed by atoms with Crippen LogP contribution >= 0.6 is 0 Å². The first-order chi connectivity index (χ1) is 6.16. The minimum atomic E-state index is -0.967. The fourth-order valence-corrected chi connectivity index (χ4v) is 0.946. The van der Waals surface area contributed by atoms with E-state index in [0.29, 0.717) is 0 Å². The van der Waals surface area contributed by atoms with Crippen LogP contribution in [0.4, 0.5) is 5.69 Å². The largest absolute Gasteiger partial charge is 0.291 e. The van der Waals surface area contributed by atoms with Crippen molar-refractivity contribution < 1.29 is 14.8 Å². The maximum Gasteiger partial charge on any atom is 0.280 e. The van der Waals surface area contributed by atoms with E-state index < -0.39 is 17.3 Å². The van der Waals surface area contributed by atoms with E-state index >= 15 is 0 Å². The highest BCUT2D eigenvalue weighted by Gasteiger charge is 2.18. The second-order valence-corrected chi connectivity index (χ2v) is 2.34. The molecule has 0 aliphatic heterocycles. The summed E-state index contributed by atoms with van der Waals surface area (Å²) in [5.74, 6) is -0.757. The summed E-state index contributed by atoms with van der Waals surface area (Å²) < 4.78 is 0. The van der Waals surface area contributed by atoms with Gasteiger partial charge < -0.3 is 0 Å². The van der Waals surface area contributed by atoms with E-state index in [2.05, 4.69) is 0 Å². The van der Waals surface area contributed by atoms with Gasteiger partial charge in [0.1, 0.15) is 6.61 Å². The predicted octanol–water partition coefficient (Wildman–Crippen LogP) is 1.21. The number of hydrogen-bond acceptors (Lipinski definition) is 3. The van der Waals surface area contributed by atoms with Crippen LogP contribution < -0.4 is 0 Å². The molecule has 5 nitrogen and oxygen atoms in total. The molecule has 67 valence electrons. The monoisotopic (exact) mass is 180 g/mol. The number of nitro groups is 1. The summed E-state index contributed by atoms with van der Waals surface area (Å²) in [7, 11) is 0. The van der Waals surface area contributed by atoms with Crippen LogP contribution in [0.2, 0.25) is 0 Å². The average Bonchev–Trinajstić information content (AvgIpc) is 2.16. The van der Waals surface area contributed by atoms with Crippen molar-refractivity contribution in [2.75, 3.05) is 6.61 Å². The molecule has 0 saturated heterocycles. The van der Waals surface area contributed by atoms with Crippen molar-refractivity contribution in [2.45, 2.75) is 0 Å². The Morgan fingerprint density at radius 3 is 2.54 bits per heavy atom. The SMILES string of the molecule is [O]CC(=O)c1ccccc1[N+](=O)[O-]. The molecule has 0 amide bonds. The van der Waals surface area contributed by atoms with Crippen molar-refractivity contribution in [3.05, 3.63) is 39.9 Å². The molecule has 0 spiro atoms. The smallest absolute Gasteiger partial charge is 0.280 e. The molecular weight excluding hydrogens is 174 g/mol. The number of carbonyl (C=O) groups is 1. The van der Waals surface area contributed by atoms with Crippen LogP contribution in [0, 0.1) is 10.1 Å². The Morgan fingerprint density at radius 1 is 1.38 bits per heavy atom. The molecule has 1 rings (SSSR count). The molecule has 0 N–H and O–H groups in total. The molecule has 0 unspecified atom stereocenters. The Morgan fingerprint density at radius 2 is 2.00 bits per heavy atom. The van der Waals surface area contributed by atoms with E-state index in [9.17, 15) is 20.0 Å². The number of carbonyl (C=O) groups excluding carboxylic acids is 1. The van der Waals surface area contributed by atoms with Gasteiger partial charge in [-0.3, -0.25) is 14.9 Å². The van der Waals surface area contributed by atoms with Gasteiger partial charge >= 0.3 is 0 Å². The third kappa shape index (κ3) is 1.88. The number of Topliss-reactive ketones (excluding diaryl/α,β-unsaturated/α-hetero) is 1. The normalized spacial score (nSPS) is 9.62. The van der Waals surface area contributed by atoms with Gasteiger partial charge in [-0.05, 0) is 6.07 Å². The first-order valence-corrected chi connectivity index (χ1v) is 3.51. The highest BCUT2D eigenvalue weighted by molar-refractivity contribution is 6.00. The van der Waals surface area contributed by atoms with E-state index in [1.54, 1.807) is 0 Å². The molecule has 0 saturated carbocycles. The molecule has 1 aromatic carbocycles. The number of benzene rings is 1. The average molecular weight is 180 g/mol. The Bertz CT molecular complexity index is 348. The van der Waals surface area contributed by atoms with Gasteiger partial charge in [0.2, 0.25) is 0 Å². The van der Waals surface area contributed by atoms with Crippen LogP contribution in [0.15, 0.2) is 24.3 Å². The first kappa shape index (κ1) is 9.34. The standard InChI is InChI=1S/C8H6NO4/c10-5-8(11)6-3-1-2-4-7(6)9(12)13/h1-4H,5H2. The van der Waals surface area contributed by atoms with Gasteiger partial charge in [0.05, 0.1) is 10.5 Å². The maximum absolute atomic E-state index is 10.9. The fraction of sp³-hybridized carbons (Fsp3) is 0.125. The second-order valence-electron chi connectivity index (χ2n) is 2.34. The molecule has 1 radical (unpaired) electrons. The quantitative estimate of drug-likeness (QED) is 0.398. The Kier molecular flexibility index (Phi) is 2.71. The lowest BCUT2D eigenvalue weighted by Crippen LogP contribution is -2.06. The molecule has 0 atom stereocenters. The van der Waals surface area contributed by atoms with Crippen LogP contribution in [0.3, 0.4) is 0 Å². The molecule has 0 heterocycles. The first-order valence-electron chi connectivity index (χ1n) is 3.51. The number of nitro benzene ring substituents is 1. The second kappa shape index (κ2) is 3.77. The summed E-state index contributed by atoms with van der Waals surface area (Å²) in [6.07, 6.45) is 0. The van der Waals surface area contributed by atoms with Crippen molar-refractivity contribution >= 4 is 11.5 Å². The number of nitrogens with zero attached hydrogens (tertiary/aromatic N) is 1. The number of ketones is 1. The lowest BCUT2D eigenvalue weighted by molar-refractivity contribution is -0.385. The molecule has 0 aliphatic rings. The summed E-state index contributed by atoms with van der Waals surface area (Å²) >= 11 is 0. The molecular formula is C8H6NO4. The molecule has 1 aromatic rings. The minimum Gasteiger partial charge on any atom is -0.291 e. The van der Waals surface area contributed by atoms with Crippen molar-refractivity contribution in [1.82, 2.24) is 0 Å². The lowest BCUT2D eigenvalue weighted by Gasteiger charge is -1.97. The van der Waals surface area contributed by atoms with Gasteiger partial charge in [-0.2, -0.15) is 0 Å². The summed E-state index contributed by atoms with van der Waals surface area (Å²) in [5, 5.41) is 20.6. The van der Waals surface area contributed by atoms with E-state index in [1.165, 1.54) is 24.3 Å². The Balaban J connectivity index is 3.19. The fourth-order valence-electron chi connectivity index (χ4n) is 0.946. The zero-order valence-corrected chi connectivity index (χ0v) is 6.60. The third-order valence-electron chi connectivity index (χ3n) is 1.53. The van der Waals surface area contributed by atoms with Gasteiger partial charge in [-0.1, -0.05) is 12.1 Å². The number of para-hydroxylation sites is 1. The van der Waals surface area contributed by atoms with Crippen LogP contribution in [0.1, 0.15) is 10.4 Å². The maximum atomic E-state index is 10.9. The van der Waals surface area contributed by atoms with Gasteiger partial charge in [0.15, 0.2) is 5.78 Å². The third-order valence-corrected chi connectivity index (χ3v) is 1.53. The molecule has 13 heavy (non-hydrogen) atoms. The predicted molar refractivity (Wildman–Crippen MR) is 43.0 cm³/mol. The van der Waals surface area contributed by atoms with Crippen LogP contribution in [-0.4, -0.2) is 17.3 Å². The zero-order chi connectivity index (χ0) is 9.84. The molecule has 5 heteroatoms. The molecule has 0 bridgehead atoms. The van der Waals surface area contributed by atoms with E-state index in [1.807, 2.05) is 0 Å². The summed E-state index contributed by atoms with van der Waals surface area (Å²) in [5.41, 5.74) is -0.439. The summed E-state index contributed by atoms with van der Waals surface area (Å²) in [4.78, 5) is 20.6. The van der Waals surface area contributed by atoms with Crippen LogP contribution in [0.25, 0.3) is 0 Å². The summed E-state index contributed by atoms with van der Waals surface area (Å²) in [6, 6.07) is 5.40. The van der Waals surface area contributed by atoms with Gasteiger partial charge in [0.25, 0.3) is 5.69 Å². The Labute approximate surface area is 73.8 Å². The topological polar surface area (TPSA) is 80.1 Å². The van der Waals surface area contributed by atoms with Crippen LogP contribution in [0.5, 0.6) is 0 Å². The van der Waals surface area contributed by atoms with Gasteiger partial charge in [-0.15, -0.1) is 0 Å². The van der Waals surface area contributed by atoms with Crippen molar-refractivity contribution in [3.8, 4) is 0 Å². The van der Waals surface area contributed by atoms with Gasteiger partial charge in [0, 0.05) is 6.07 Å². The number of hydrogen-bond donors (Lipinski definition) is 0. The van der Waals surface area contributed by atoms with Crippen molar-refractivity contribution in [1.29, 1.82) is 0 Å². The van der Waals surface area contributed by atoms with Crippen molar-refractivity contribution in [3.63, 3.8) is 0 Å². The Hall–Kier alpha value is -1.75. The van der Waals surface area contributed by atoms with Gasteiger partial charge in [-0.25, -0.2) is 5.11 Å². The zero-order valence-electron chi connectivity index (χ0n) is 6.60. The number of rotatable bonds is 3.